The quantitative estimate of drug-likeness (QED) is 0.627. The molecule has 5 rings (SSSR count). The third kappa shape index (κ3) is 2.76. The van der Waals surface area contributed by atoms with Gasteiger partial charge in [-0.1, -0.05) is 0 Å². The molecular formula is C25H23N5. The normalized spacial score (nSPS) is 22.1. The van der Waals surface area contributed by atoms with Crippen molar-refractivity contribution in [2.24, 2.45) is 15.4 Å². The summed E-state index contributed by atoms with van der Waals surface area (Å²) in [5.74, 6) is 0. The number of aliphatic imine (C=N–C) groups is 2. The number of H-pyrrole nitrogens is 2. The molecule has 0 radical (unpaired) electrons. The van der Waals surface area contributed by atoms with Crippen LogP contribution in [0.1, 0.15) is 56.0 Å². The van der Waals surface area contributed by atoms with Gasteiger partial charge in [0.05, 0.1) is 34.1 Å². The maximum Gasteiger partial charge on any atom is 0.101 e. The summed E-state index contributed by atoms with van der Waals surface area (Å²) in [6.45, 7) is 8.56. The molecule has 0 atom stereocenters. The molecule has 148 valence electrons. The molecule has 0 aromatic carbocycles. The summed E-state index contributed by atoms with van der Waals surface area (Å²) in [6, 6.07) is 8.42. The van der Waals surface area contributed by atoms with Crippen molar-refractivity contribution in [3.05, 3.63) is 82.2 Å². The van der Waals surface area contributed by atoms with E-state index in [4.69, 9.17) is 9.98 Å². The second-order valence-corrected chi connectivity index (χ2v) is 9.00. The van der Waals surface area contributed by atoms with Crippen molar-refractivity contribution in [2.45, 2.75) is 33.1 Å². The summed E-state index contributed by atoms with van der Waals surface area (Å²) in [5, 5.41) is 9.69. The van der Waals surface area contributed by atoms with Crippen molar-refractivity contribution in [1.82, 2.24) is 9.97 Å². The fourth-order valence-corrected chi connectivity index (χ4v) is 4.07. The van der Waals surface area contributed by atoms with Crippen molar-refractivity contribution < 1.29 is 0 Å². The van der Waals surface area contributed by atoms with Gasteiger partial charge in [-0.3, -0.25) is 9.98 Å². The van der Waals surface area contributed by atoms with Crippen LogP contribution in [0, 0.1) is 16.7 Å². The van der Waals surface area contributed by atoms with Crippen molar-refractivity contribution in [3.8, 4) is 6.07 Å². The maximum absolute atomic E-state index is 9.69. The van der Waals surface area contributed by atoms with E-state index < -0.39 is 0 Å². The molecule has 2 N–H and O–H groups in total. The number of nitrogens with one attached hydrogen (secondary N) is 2. The van der Waals surface area contributed by atoms with E-state index in [9.17, 15) is 5.26 Å². The first-order chi connectivity index (χ1) is 14.3. The number of nitrogens with zero attached hydrogens (tertiary/aromatic N) is 3. The van der Waals surface area contributed by atoms with Gasteiger partial charge in [0.2, 0.25) is 0 Å². The maximum atomic E-state index is 9.69. The lowest BCUT2D eigenvalue weighted by Gasteiger charge is -2.23. The van der Waals surface area contributed by atoms with E-state index in [1.165, 1.54) is 0 Å². The second kappa shape index (κ2) is 6.17. The molecule has 5 heteroatoms. The van der Waals surface area contributed by atoms with Gasteiger partial charge in [0.15, 0.2) is 0 Å². The molecule has 3 aliphatic heterocycles. The van der Waals surface area contributed by atoms with Gasteiger partial charge in [-0.05, 0) is 82.4 Å². The van der Waals surface area contributed by atoms with Crippen LogP contribution in [0.4, 0.5) is 0 Å². The topological polar surface area (TPSA) is 80.1 Å². The Morgan fingerprint density at radius 1 is 0.800 bits per heavy atom. The Labute approximate surface area is 176 Å². The van der Waals surface area contributed by atoms with Crippen LogP contribution >= 0.6 is 0 Å². The minimum Gasteiger partial charge on any atom is -0.358 e. The molecule has 3 aliphatic rings. The summed E-state index contributed by atoms with van der Waals surface area (Å²) < 4.78 is 0. The minimum absolute atomic E-state index is 0.321. The fourth-order valence-electron chi connectivity index (χ4n) is 4.07. The van der Waals surface area contributed by atoms with Crippen LogP contribution in [0.25, 0.3) is 12.2 Å². The molecule has 0 aliphatic carbocycles. The highest BCUT2D eigenvalue weighted by Crippen LogP contribution is 2.35. The highest BCUT2D eigenvalue weighted by molar-refractivity contribution is 6.21. The first-order valence-corrected chi connectivity index (χ1v) is 10.1. The molecule has 2 aromatic heterocycles. The Morgan fingerprint density at radius 2 is 1.47 bits per heavy atom. The molecule has 0 saturated heterocycles. The molecule has 2 aromatic rings. The summed E-state index contributed by atoms with van der Waals surface area (Å²) in [4.78, 5) is 16.7. The highest BCUT2D eigenvalue weighted by atomic mass is 14.9. The van der Waals surface area contributed by atoms with Gasteiger partial charge in [0.1, 0.15) is 6.07 Å². The standard InChI is InChI=1S/C25H23N5/c1-24(2)20-8-5-16(27-20)12-17-6-9-22(28-17)25(3,4)23-11-15(14-26)19(30-23)13-18-7-10-21(24)29-18/h5-13,28,30H,1-4H3/b16-12-,18-13?. The number of aromatic nitrogens is 2. The SMILES string of the molecule is CC1(C)C2=NC(=Cc3[nH]c(cc3C#N)C(C)(C)c3ccc([nH]3)/C=C3/C=CC1=N3)C=C2. The lowest BCUT2D eigenvalue weighted by molar-refractivity contribution is 0.602. The lowest BCUT2D eigenvalue weighted by atomic mass is 9.82. The Kier molecular flexibility index (Phi) is 3.78. The zero-order chi connectivity index (χ0) is 21.1. The monoisotopic (exact) mass is 393 g/mol. The van der Waals surface area contributed by atoms with Crippen LogP contribution in [-0.2, 0) is 5.41 Å². The zero-order valence-corrected chi connectivity index (χ0v) is 17.5. The minimum atomic E-state index is -0.322. The molecule has 0 amide bonds. The van der Waals surface area contributed by atoms with Gasteiger partial charge in [0.25, 0.3) is 0 Å². The van der Waals surface area contributed by atoms with E-state index in [-0.39, 0.29) is 10.8 Å². The average Bonchev–Trinajstić information content (AvgIpc) is 3.48. The lowest BCUT2D eigenvalue weighted by Crippen LogP contribution is -2.30. The second-order valence-electron chi connectivity index (χ2n) is 9.00. The van der Waals surface area contributed by atoms with Gasteiger partial charge in [-0.25, -0.2) is 0 Å². The molecular weight excluding hydrogens is 370 g/mol. The highest BCUT2D eigenvalue weighted by Gasteiger charge is 2.32. The van der Waals surface area contributed by atoms with E-state index >= 15 is 0 Å². The van der Waals surface area contributed by atoms with Gasteiger partial charge in [-0.15, -0.1) is 0 Å². The first kappa shape index (κ1) is 18.4. The number of hydrogen-bond donors (Lipinski definition) is 2. The van der Waals surface area contributed by atoms with Gasteiger partial charge in [0, 0.05) is 27.9 Å². The van der Waals surface area contributed by atoms with Crippen molar-refractivity contribution >= 4 is 23.6 Å². The Morgan fingerprint density at radius 3 is 2.13 bits per heavy atom. The number of aromatic amines is 2. The van der Waals surface area contributed by atoms with E-state index in [0.29, 0.717) is 5.56 Å². The van der Waals surface area contributed by atoms with E-state index in [1.54, 1.807) is 0 Å². The van der Waals surface area contributed by atoms with Crippen LogP contribution < -0.4 is 0 Å². The van der Waals surface area contributed by atoms with Crippen molar-refractivity contribution in [2.75, 3.05) is 0 Å². The zero-order valence-electron chi connectivity index (χ0n) is 17.5. The van der Waals surface area contributed by atoms with Crippen LogP contribution in [0.5, 0.6) is 0 Å². The smallest absolute Gasteiger partial charge is 0.101 e. The molecule has 5 heterocycles. The number of hydrogen-bond acceptors (Lipinski definition) is 3. The molecule has 0 fully saturated rings. The third-order valence-electron chi connectivity index (χ3n) is 6.22. The van der Waals surface area contributed by atoms with Crippen LogP contribution in [0.15, 0.2) is 63.9 Å². The molecule has 0 unspecified atom stereocenters. The van der Waals surface area contributed by atoms with Crippen molar-refractivity contribution in [3.63, 3.8) is 0 Å². The van der Waals surface area contributed by atoms with Crippen LogP contribution in [-0.4, -0.2) is 21.4 Å². The van der Waals surface area contributed by atoms with Gasteiger partial charge in [-0.2, -0.15) is 5.26 Å². The Bertz CT molecular complexity index is 1290. The fraction of sp³-hybridized carbons (Fsp3) is 0.240. The van der Waals surface area contributed by atoms with Gasteiger partial charge >= 0.3 is 0 Å². The summed E-state index contributed by atoms with van der Waals surface area (Å²) in [7, 11) is 0. The average molecular weight is 393 g/mol. The Hall–Kier alpha value is -3.65. The molecule has 0 saturated carbocycles. The number of nitriles is 1. The Balaban J connectivity index is 1.74. The molecule has 8 bridgehead atoms. The summed E-state index contributed by atoms with van der Waals surface area (Å²) >= 11 is 0. The number of allylic oxidation sites excluding steroid dienone is 4. The van der Waals surface area contributed by atoms with Crippen LogP contribution in [0.3, 0.4) is 0 Å². The largest absolute Gasteiger partial charge is 0.358 e. The van der Waals surface area contributed by atoms with E-state index in [0.717, 1.165) is 45.6 Å². The van der Waals surface area contributed by atoms with Gasteiger partial charge < -0.3 is 9.97 Å². The molecule has 30 heavy (non-hydrogen) atoms. The number of fused-ring (bicyclic) bond motifs is 6. The summed E-state index contributed by atoms with van der Waals surface area (Å²) in [6.07, 6.45) is 12.2. The third-order valence-corrected chi connectivity index (χ3v) is 6.22. The molecule has 5 nitrogen and oxygen atoms in total. The van der Waals surface area contributed by atoms with E-state index in [1.807, 2.05) is 30.4 Å². The number of rotatable bonds is 0. The predicted molar refractivity (Wildman–Crippen MR) is 121 cm³/mol. The predicted octanol–water partition coefficient (Wildman–Crippen LogP) is 5.28. The van der Waals surface area contributed by atoms with Crippen LogP contribution in [0.2, 0.25) is 0 Å². The first-order valence-electron chi connectivity index (χ1n) is 10.1. The summed E-state index contributed by atoms with van der Waals surface area (Å²) in [5.41, 5.74) is 7.49. The molecule has 0 spiro atoms. The van der Waals surface area contributed by atoms with E-state index in [2.05, 4.69) is 68.0 Å². The van der Waals surface area contributed by atoms with Crippen molar-refractivity contribution in [1.29, 1.82) is 5.26 Å².